The topological polar surface area (TPSA) is 90.1 Å². The Morgan fingerprint density at radius 2 is 2.00 bits per heavy atom. The second-order valence-electron chi connectivity index (χ2n) is 4.49. The number of nitrogens with zero attached hydrogens (tertiary/aromatic N) is 1. The van der Waals surface area contributed by atoms with E-state index in [2.05, 4.69) is 10.3 Å². The molecule has 0 aliphatic carbocycles. The SMILES string of the molecule is Nc1nc2c(C3CCNCC3)c(N)ccc2o1. The Labute approximate surface area is 99.2 Å². The van der Waals surface area contributed by atoms with Crippen molar-refractivity contribution < 1.29 is 4.42 Å². The molecular weight excluding hydrogens is 216 g/mol. The molecule has 2 heterocycles. The highest BCUT2D eigenvalue weighted by atomic mass is 16.4. The van der Waals surface area contributed by atoms with Gasteiger partial charge in [0.15, 0.2) is 5.58 Å². The lowest BCUT2D eigenvalue weighted by atomic mass is 9.88. The van der Waals surface area contributed by atoms with Crippen LogP contribution in [0.1, 0.15) is 24.3 Å². The van der Waals surface area contributed by atoms with Gasteiger partial charge >= 0.3 is 0 Å². The van der Waals surface area contributed by atoms with Crippen molar-refractivity contribution in [3.63, 3.8) is 0 Å². The third-order valence-corrected chi connectivity index (χ3v) is 3.40. The maximum atomic E-state index is 6.08. The highest BCUT2D eigenvalue weighted by Gasteiger charge is 2.22. The quantitative estimate of drug-likeness (QED) is 0.647. The summed E-state index contributed by atoms with van der Waals surface area (Å²) in [5, 5.41) is 3.35. The first-order valence-electron chi connectivity index (χ1n) is 5.91. The molecular formula is C12H16N4O. The van der Waals surface area contributed by atoms with Crippen molar-refractivity contribution in [3.05, 3.63) is 17.7 Å². The first-order valence-corrected chi connectivity index (χ1v) is 5.91. The molecule has 0 spiro atoms. The van der Waals surface area contributed by atoms with Crippen LogP contribution in [-0.2, 0) is 0 Å². The average molecular weight is 232 g/mol. The van der Waals surface area contributed by atoms with E-state index in [-0.39, 0.29) is 6.01 Å². The van der Waals surface area contributed by atoms with Gasteiger partial charge in [0.1, 0.15) is 5.52 Å². The van der Waals surface area contributed by atoms with Crippen LogP contribution < -0.4 is 16.8 Å². The van der Waals surface area contributed by atoms with Gasteiger partial charge in [-0.15, -0.1) is 0 Å². The number of piperidine rings is 1. The molecule has 1 fully saturated rings. The lowest BCUT2D eigenvalue weighted by Crippen LogP contribution is -2.27. The van der Waals surface area contributed by atoms with Crippen LogP contribution in [0.4, 0.5) is 11.7 Å². The summed E-state index contributed by atoms with van der Waals surface area (Å²) in [5.74, 6) is 0.449. The molecule has 1 aliphatic rings. The minimum Gasteiger partial charge on any atom is -0.424 e. The van der Waals surface area contributed by atoms with Crippen LogP contribution in [0, 0.1) is 0 Å². The number of hydrogen-bond donors (Lipinski definition) is 3. The molecule has 0 amide bonds. The number of oxazole rings is 1. The van der Waals surface area contributed by atoms with E-state index >= 15 is 0 Å². The van der Waals surface area contributed by atoms with E-state index in [1.165, 1.54) is 0 Å². The van der Waals surface area contributed by atoms with E-state index in [4.69, 9.17) is 15.9 Å². The smallest absolute Gasteiger partial charge is 0.292 e. The number of nitrogens with one attached hydrogen (secondary N) is 1. The molecule has 17 heavy (non-hydrogen) atoms. The van der Waals surface area contributed by atoms with Gasteiger partial charge in [0.25, 0.3) is 6.01 Å². The van der Waals surface area contributed by atoms with Crippen LogP contribution >= 0.6 is 0 Å². The van der Waals surface area contributed by atoms with Gasteiger partial charge < -0.3 is 21.2 Å². The average Bonchev–Trinajstić information content (AvgIpc) is 2.70. The number of nitrogens with two attached hydrogens (primary N) is 2. The predicted molar refractivity (Wildman–Crippen MR) is 67.7 cm³/mol. The number of rotatable bonds is 1. The number of nitrogen functional groups attached to an aromatic ring is 2. The maximum Gasteiger partial charge on any atom is 0.292 e. The lowest BCUT2D eigenvalue weighted by molar-refractivity contribution is 0.463. The molecule has 0 radical (unpaired) electrons. The van der Waals surface area contributed by atoms with Crippen LogP contribution in [0.15, 0.2) is 16.5 Å². The molecule has 3 rings (SSSR count). The normalized spacial score (nSPS) is 17.6. The Morgan fingerprint density at radius 1 is 1.24 bits per heavy atom. The standard InChI is InChI=1S/C12H16N4O/c13-8-1-2-9-11(16-12(14)17-9)10(8)7-3-5-15-6-4-7/h1-2,7,15H,3-6,13H2,(H2,14,16). The van der Waals surface area contributed by atoms with E-state index < -0.39 is 0 Å². The van der Waals surface area contributed by atoms with Gasteiger partial charge in [-0.1, -0.05) is 0 Å². The van der Waals surface area contributed by atoms with Gasteiger partial charge in [-0.25, -0.2) is 0 Å². The molecule has 2 aromatic rings. The van der Waals surface area contributed by atoms with Crippen molar-refractivity contribution in [3.8, 4) is 0 Å². The second kappa shape index (κ2) is 3.92. The second-order valence-corrected chi connectivity index (χ2v) is 4.49. The van der Waals surface area contributed by atoms with Crippen molar-refractivity contribution in [2.75, 3.05) is 24.6 Å². The minimum absolute atomic E-state index is 0.209. The first-order chi connectivity index (χ1) is 8.25. The van der Waals surface area contributed by atoms with Crippen LogP contribution in [0.3, 0.4) is 0 Å². The van der Waals surface area contributed by atoms with Gasteiger partial charge in [0.05, 0.1) is 0 Å². The Morgan fingerprint density at radius 3 is 2.76 bits per heavy atom. The van der Waals surface area contributed by atoms with Crippen LogP contribution in [0.25, 0.3) is 11.1 Å². The van der Waals surface area contributed by atoms with Gasteiger partial charge in [0.2, 0.25) is 0 Å². The molecule has 90 valence electrons. The zero-order chi connectivity index (χ0) is 11.8. The van der Waals surface area contributed by atoms with Crippen molar-refractivity contribution in [2.45, 2.75) is 18.8 Å². The van der Waals surface area contributed by atoms with Crippen LogP contribution in [-0.4, -0.2) is 18.1 Å². The third kappa shape index (κ3) is 1.72. The van der Waals surface area contributed by atoms with Gasteiger partial charge in [-0.2, -0.15) is 4.98 Å². The summed E-state index contributed by atoms with van der Waals surface area (Å²) in [4.78, 5) is 4.26. The summed E-state index contributed by atoms with van der Waals surface area (Å²) in [7, 11) is 0. The van der Waals surface area contributed by atoms with E-state index in [1.54, 1.807) is 0 Å². The molecule has 1 aliphatic heterocycles. The zero-order valence-electron chi connectivity index (χ0n) is 9.57. The molecule has 1 saturated heterocycles. The Kier molecular flexibility index (Phi) is 2.40. The summed E-state index contributed by atoms with van der Waals surface area (Å²) in [5.41, 5.74) is 15.1. The molecule has 0 atom stereocenters. The third-order valence-electron chi connectivity index (χ3n) is 3.40. The van der Waals surface area contributed by atoms with Crippen molar-refractivity contribution in [1.82, 2.24) is 10.3 Å². The highest BCUT2D eigenvalue weighted by molar-refractivity contribution is 5.84. The molecule has 0 unspecified atom stereocenters. The predicted octanol–water partition coefficient (Wildman–Crippen LogP) is 1.46. The fourth-order valence-electron chi connectivity index (χ4n) is 2.59. The summed E-state index contributed by atoms with van der Waals surface area (Å²) < 4.78 is 5.35. The zero-order valence-corrected chi connectivity index (χ0v) is 9.57. The van der Waals surface area contributed by atoms with Gasteiger partial charge in [0, 0.05) is 11.3 Å². The number of aromatic nitrogens is 1. The first kappa shape index (κ1) is 10.4. The van der Waals surface area contributed by atoms with E-state index in [9.17, 15) is 0 Å². The van der Waals surface area contributed by atoms with Gasteiger partial charge in [-0.3, -0.25) is 0 Å². The minimum atomic E-state index is 0.209. The van der Waals surface area contributed by atoms with E-state index in [1.807, 2.05) is 12.1 Å². The summed E-state index contributed by atoms with van der Waals surface area (Å²) >= 11 is 0. The molecule has 5 heteroatoms. The molecule has 5 nitrogen and oxygen atoms in total. The Bertz CT molecular complexity index is 543. The summed E-state index contributed by atoms with van der Waals surface area (Å²) in [6.45, 7) is 2.04. The number of benzene rings is 1. The monoisotopic (exact) mass is 232 g/mol. The molecule has 0 bridgehead atoms. The fraction of sp³-hybridized carbons (Fsp3) is 0.417. The van der Waals surface area contributed by atoms with Gasteiger partial charge in [-0.05, 0) is 44.0 Å². The number of hydrogen-bond acceptors (Lipinski definition) is 5. The molecule has 1 aromatic heterocycles. The molecule has 5 N–H and O–H groups in total. The summed E-state index contributed by atoms with van der Waals surface area (Å²) in [6.07, 6.45) is 2.16. The Hall–Kier alpha value is -1.75. The summed E-state index contributed by atoms with van der Waals surface area (Å²) in [6, 6.07) is 3.92. The van der Waals surface area contributed by atoms with E-state index in [0.717, 1.165) is 48.3 Å². The van der Waals surface area contributed by atoms with Crippen LogP contribution in [0.5, 0.6) is 0 Å². The highest BCUT2D eigenvalue weighted by Crippen LogP contribution is 2.35. The van der Waals surface area contributed by atoms with E-state index in [0.29, 0.717) is 5.92 Å². The van der Waals surface area contributed by atoms with Crippen LogP contribution in [0.2, 0.25) is 0 Å². The van der Waals surface area contributed by atoms with Crippen molar-refractivity contribution in [1.29, 1.82) is 0 Å². The van der Waals surface area contributed by atoms with Crippen molar-refractivity contribution in [2.24, 2.45) is 0 Å². The number of anilines is 2. The fourth-order valence-corrected chi connectivity index (χ4v) is 2.59. The number of fused-ring (bicyclic) bond motifs is 1. The molecule has 0 saturated carbocycles. The Balaban J connectivity index is 2.14. The largest absolute Gasteiger partial charge is 0.424 e. The molecule has 1 aromatic carbocycles. The maximum absolute atomic E-state index is 6.08. The lowest BCUT2D eigenvalue weighted by Gasteiger charge is -2.24. The van der Waals surface area contributed by atoms with Crippen molar-refractivity contribution >= 4 is 22.8 Å².